The molecule has 2 N–H and O–H groups in total. The van der Waals surface area contributed by atoms with Crippen LogP contribution in [0.4, 0.5) is 17.6 Å². The molecule has 0 fully saturated rings. The molecule has 0 heterocycles. The second-order valence-corrected chi connectivity index (χ2v) is 4.06. The number of hydrogen-bond donors (Lipinski definition) is 2. The molecule has 0 saturated carbocycles. The van der Waals surface area contributed by atoms with E-state index in [1.54, 1.807) is 0 Å². The zero-order chi connectivity index (χ0) is 14.6. The van der Waals surface area contributed by atoms with Crippen LogP contribution >= 0.6 is 0 Å². The lowest BCUT2D eigenvalue weighted by atomic mass is 9.98. The minimum atomic E-state index is -4.32. The monoisotopic (exact) mass is 280 g/mol. The summed E-state index contributed by atoms with van der Waals surface area (Å²) in [7, 11) is 0. The van der Waals surface area contributed by atoms with Crippen LogP contribution in [0.15, 0.2) is 18.2 Å². The summed E-state index contributed by atoms with van der Waals surface area (Å²) in [6.07, 6.45) is -7.33. The maximum absolute atomic E-state index is 12.9. The molecule has 0 aliphatic rings. The van der Waals surface area contributed by atoms with E-state index in [4.69, 9.17) is 5.11 Å². The molecule has 0 aliphatic heterocycles. The van der Waals surface area contributed by atoms with Crippen molar-refractivity contribution in [3.8, 4) is 0 Å². The summed E-state index contributed by atoms with van der Waals surface area (Å²) >= 11 is 0. The molecule has 1 unspecified atom stereocenters. The lowest BCUT2D eigenvalue weighted by Crippen LogP contribution is -2.10. The maximum Gasteiger partial charge on any atom is 0.389 e. The standard InChI is InChI=1S/C12H12F4O3/c13-7-3-4-8(9(6-7)11(18)19)10(17)2-1-5-12(14,15)16/h3-4,6,10,17H,1-2,5H2,(H,18,19). The van der Waals surface area contributed by atoms with Crippen molar-refractivity contribution in [3.05, 3.63) is 35.1 Å². The van der Waals surface area contributed by atoms with Crippen LogP contribution in [-0.4, -0.2) is 22.4 Å². The van der Waals surface area contributed by atoms with E-state index in [0.717, 1.165) is 18.2 Å². The smallest absolute Gasteiger partial charge is 0.389 e. The number of carbonyl (C=O) groups is 1. The number of rotatable bonds is 5. The second-order valence-electron chi connectivity index (χ2n) is 4.06. The van der Waals surface area contributed by atoms with Crippen molar-refractivity contribution in [2.75, 3.05) is 0 Å². The van der Waals surface area contributed by atoms with Crippen LogP contribution in [0.25, 0.3) is 0 Å². The molecule has 7 heteroatoms. The molecule has 0 radical (unpaired) electrons. The minimum Gasteiger partial charge on any atom is -0.478 e. The van der Waals surface area contributed by atoms with E-state index in [1.807, 2.05) is 0 Å². The first-order chi connectivity index (χ1) is 8.70. The third-order valence-electron chi connectivity index (χ3n) is 2.54. The number of aromatic carboxylic acids is 1. The van der Waals surface area contributed by atoms with Gasteiger partial charge in [-0.1, -0.05) is 6.07 Å². The molecule has 0 aliphatic carbocycles. The molecule has 0 spiro atoms. The Kier molecular flexibility index (Phi) is 4.88. The van der Waals surface area contributed by atoms with Gasteiger partial charge in [0.1, 0.15) is 5.82 Å². The number of hydrogen-bond acceptors (Lipinski definition) is 2. The van der Waals surface area contributed by atoms with Crippen molar-refractivity contribution in [3.63, 3.8) is 0 Å². The van der Waals surface area contributed by atoms with Gasteiger partial charge in [0.25, 0.3) is 0 Å². The molecule has 0 saturated heterocycles. The number of benzene rings is 1. The molecule has 0 aromatic heterocycles. The second kappa shape index (κ2) is 6.01. The molecular weight excluding hydrogens is 268 g/mol. The molecule has 106 valence electrons. The van der Waals surface area contributed by atoms with E-state index in [1.165, 1.54) is 0 Å². The summed E-state index contributed by atoms with van der Waals surface area (Å²) < 4.78 is 48.7. The maximum atomic E-state index is 12.9. The van der Waals surface area contributed by atoms with Gasteiger partial charge in [-0.25, -0.2) is 9.18 Å². The first kappa shape index (κ1) is 15.4. The summed E-state index contributed by atoms with van der Waals surface area (Å²) in [5, 5.41) is 18.5. The SMILES string of the molecule is O=C(O)c1cc(F)ccc1C(O)CCCC(F)(F)F. The van der Waals surface area contributed by atoms with Gasteiger partial charge in [0.15, 0.2) is 0 Å². The van der Waals surface area contributed by atoms with Crippen molar-refractivity contribution >= 4 is 5.97 Å². The van der Waals surface area contributed by atoms with Crippen LogP contribution in [0.2, 0.25) is 0 Å². The van der Waals surface area contributed by atoms with Gasteiger partial charge >= 0.3 is 12.1 Å². The average molecular weight is 280 g/mol. The largest absolute Gasteiger partial charge is 0.478 e. The topological polar surface area (TPSA) is 57.5 Å². The van der Waals surface area contributed by atoms with Crippen molar-refractivity contribution in [2.45, 2.75) is 31.5 Å². The molecule has 1 aromatic rings. The Bertz CT molecular complexity index is 457. The Morgan fingerprint density at radius 1 is 1.32 bits per heavy atom. The zero-order valence-electron chi connectivity index (χ0n) is 9.75. The summed E-state index contributed by atoms with van der Waals surface area (Å²) in [5.41, 5.74) is -0.532. The zero-order valence-corrected chi connectivity index (χ0v) is 9.75. The molecule has 1 aromatic carbocycles. The van der Waals surface area contributed by atoms with E-state index >= 15 is 0 Å². The lowest BCUT2D eigenvalue weighted by Gasteiger charge is -2.14. The van der Waals surface area contributed by atoms with Crippen LogP contribution < -0.4 is 0 Å². The Balaban J connectivity index is 2.76. The fraction of sp³-hybridized carbons (Fsp3) is 0.417. The number of alkyl halides is 3. The van der Waals surface area contributed by atoms with Crippen LogP contribution in [-0.2, 0) is 0 Å². The van der Waals surface area contributed by atoms with Gasteiger partial charge in [0.05, 0.1) is 11.7 Å². The van der Waals surface area contributed by atoms with Crippen LogP contribution in [0.5, 0.6) is 0 Å². The molecule has 0 amide bonds. The van der Waals surface area contributed by atoms with Crippen molar-refractivity contribution in [2.24, 2.45) is 0 Å². The molecule has 1 rings (SSSR count). The van der Waals surface area contributed by atoms with Crippen molar-refractivity contribution in [1.29, 1.82) is 0 Å². The van der Waals surface area contributed by atoms with E-state index in [9.17, 15) is 27.5 Å². The van der Waals surface area contributed by atoms with E-state index in [2.05, 4.69) is 0 Å². The van der Waals surface area contributed by atoms with E-state index in [0.29, 0.717) is 0 Å². The Morgan fingerprint density at radius 3 is 2.47 bits per heavy atom. The highest BCUT2D eigenvalue weighted by Gasteiger charge is 2.27. The van der Waals surface area contributed by atoms with Crippen molar-refractivity contribution in [1.82, 2.24) is 0 Å². The van der Waals surface area contributed by atoms with Crippen molar-refractivity contribution < 1.29 is 32.6 Å². The van der Waals surface area contributed by atoms with Gasteiger partial charge < -0.3 is 10.2 Å². The number of aliphatic hydroxyl groups is 1. The number of aliphatic hydroxyl groups excluding tert-OH is 1. The van der Waals surface area contributed by atoms with Crippen LogP contribution in [0.3, 0.4) is 0 Å². The van der Waals surface area contributed by atoms with Crippen LogP contribution in [0.1, 0.15) is 41.3 Å². The molecule has 3 nitrogen and oxygen atoms in total. The highest BCUT2D eigenvalue weighted by Crippen LogP contribution is 2.28. The fourth-order valence-electron chi connectivity index (χ4n) is 1.66. The van der Waals surface area contributed by atoms with Gasteiger partial charge in [0, 0.05) is 6.42 Å². The summed E-state index contributed by atoms with van der Waals surface area (Å²) in [4.78, 5) is 10.9. The first-order valence-electron chi connectivity index (χ1n) is 5.48. The first-order valence-corrected chi connectivity index (χ1v) is 5.48. The van der Waals surface area contributed by atoms with E-state index in [-0.39, 0.29) is 18.4 Å². The highest BCUT2D eigenvalue weighted by molar-refractivity contribution is 5.89. The number of carboxylic acid groups (broad SMARTS) is 1. The Labute approximate surface area is 106 Å². The Morgan fingerprint density at radius 2 is 1.95 bits per heavy atom. The Hall–Kier alpha value is -1.63. The highest BCUT2D eigenvalue weighted by atomic mass is 19.4. The predicted molar refractivity (Wildman–Crippen MR) is 58.2 cm³/mol. The van der Waals surface area contributed by atoms with Gasteiger partial charge in [-0.3, -0.25) is 0 Å². The number of halogens is 4. The molecular formula is C12H12F4O3. The molecule has 1 atom stereocenters. The van der Waals surface area contributed by atoms with Gasteiger partial charge in [-0.15, -0.1) is 0 Å². The third-order valence-corrected chi connectivity index (χ3v) is 2.54. The predicted octanol–water partition coefficient (Wildman–Crippen LogP) is 3.29. The van der Waals surface area contributed by atoms with Gasteiger partial charge in [-0.2, -0.15) is 13.2 Å². The number of carboxylic acids is 1. The summed E-state index contributed by atoms with van der Waals surface area (Å²) in [6, 6.07) is 2.75. The third kappa shape index (κ3) is 4.86. The summed E-state index contributed by atoms with van der Waals surface area (Å²) in [6.45, 7) is 0. The molecule has 19 heavy (non-hydrogen) atoms. The van der Waals surface area contributed by atoms with Gasteiger partial charge in [0.2, 0.25) is 0 Å². The molecule has 0 bridgehead atoms. The summed E-state index contributed by atoms with van der Waals surface area (Å²) in [5.74, 6) is -2.23. The average Bonchev–Trinajstić information content (AvgIpc) is 2.26. The normalized spacial score (nSPS) is 13.3. The van der Waals surface area contributed by atoms with E-state index < -0.39 is 36.1 Å². The quantitative estimate of drug-likeness (QED) is 0.814. The lowest BCUT2D eigenvalue weighted by molar-refractivity contribution is -0.136. The van der Waals surface area contributed by atoms with Gasteiger partial charge in [-0.05, 0) is 30.5 Å². The fourth-order valence-corrected chi connectivity index (χ4v) is 1.66. The minimum absolute atomic E-state index is 0.0870. The van der Waals surface area contributed by atoms with Crippen LogP contribution in [0, 0.1) is 5.82 Å².